The number of piperidine rings is 1. The summed E-state index contributed by atoms with van der Waals surface area (Å²) in [6, 6.07) is 12.1. The molecule has 5 nitrogen and oxygen atoms in total. The number of likely N-dealkylation sites (tertiary alicyclic amines) is 1. The molecule has 2 aliphatic carbocycles. The number of rotatable bonds is 5. The van der Waals surface area contributed by atoms with Crippen molar-refractivity contribution in [3.8, 4) is 0 Å². The highest BCUT2D eigenvalue weighted by atomic mass is 16.3. The van der Waals surface area contributed by atoms with Gasteiger partial charge in [0.2, 0.25) is 5.91 Å². The smallest absolute Gasteiger partial charge is 0.289 e. The molecule has 1 atom stereocenters. The SMILES string of the molecule is O=C(C[C@@H]1CC2(CCN(C(=O)c3ccco3)CC2)c2ccccc21)NCC1CC1. The first-order chi connectivity index (χ1) is 14.1. The third-order valence-electron chi connectivity index (χ3n) is 7.07. The summed E-state index contributed by atoms with van der Waals surface area (Å²) in [6.45, 7) is 2.30. The first kappa shape index (κ1) is 18.5. The number of carbonyl (C=O) groups excluding carboxylic acids is 2. The molecule has 1 aromatic heterocycles. The van der Waals surface area contributed by atoms with Crippen LogP contribution in [0.25, 0.3) is 0 Å². The first-order valence-corrected chi connectivity index (χ1v) is 10.8. The summed E-state index contributed by atoms with van der Waals surface area (Å²) in [5, 5.41) is 3.13. The summed E-state index contributed by atoms with van der Waals surface area (Å²) in [4.78, 5) is 27.0. The zero-order chi connectivity index (χ0) is 19.8. The molecule has 1 aliphatic heterocycles. The lowest BCUT2D eigenvalue weighted by Crippen LogP contribution is -2.44. The van der Waals surface area contributed by atoms with E-state index in [4.69, 9.17) is 4.42 Å². The molecule has 2 amide bonds. The van der Waals surface area contributed by atoms with E-state index in [1.165, 1.54) is 24.0 Å². The van der Waals surface area contributed by atoms with Crippen LogP contribution < -0.4 is 5.32 Å². The van der Waals surface area contributed by atoms with Crippen molar-refractivity contribution in [2.24, 2.45) is 5.92 Å². The number of amides is 2. The molecule has 1 N–H and O–H groups in total. The Labute approximate surface area is 171 Å². The lowest BCUT2D eigenvalue weighted by atomic mass is 9.73. The second kappa shape index (κ2) is 7.36. The monoisotopic (exact) mass is 392 g/mol. The van der Waals surface area contributed by atoms with E-state index in [1.54, 1.807) is 18.4 Å². The number of hydrogen-bond acceptors (Lipinski definition) is 3. The molecule has 0 radical (unpaired) electrons. The zero-order valence-corrected chi connectivity index (χ0v) is 16.7. The molecule has 5 rings (SSSR count). The molecule has 0 bridgehead atoms. The Hall–Kier alpha value is -2.56. The standard InChI is InChI=1S/C24H28N2O3/c27-22(25-16-17-7-8-17)14-18-15-24(20-5-2-1-4-19(18)20)9-11-26(12-10-24)23(28)21-6-3-13-29-21/h1-6,13,17-18H,7-12,14-16H2,(H,25,27)/t18-/m1/s1. The Morgan fingerprint density at radius 2 is 1.90 bits per heavy atom. The van der Waals surface area contributed by atoms with Crippen LogP contribution in [0.1, 0.15) is 66.1 Å². The fraction of sp³-hybridized carbons (Fsp3) is 0.500. The maximum absolute atomic E-state index is 12.6. The molecule has 1 saturated heterocycles. The van der Waals surface area contributed by atoms with E-state index in [1.807, 2.05) is 4.90 Å². The molecule has 152 valence electrons. The Kier molecular flexibility index (Phi) is 4.69. The summed E-state index contributed by atoms with van der Waals surface area (Å²) < 4.78 is 5.29. The van der Waals surface area contributed by atoms with Gasteiger partial charge in [0.25, 0.3) is 5.91 Å². The molecule has 0 unspecified atom stereocenters. The van der Waals surface area contributed by atoms with Crippen LogP contribution in [0.3, 0.4) is 0 Å². The molecule has 2 heterocycles. The van der Waals surface area contributed by atoms with Gasteiger partial charge in [-0.1, -0.05) is 24.3 Å². The van der Waals surface area contributed by atoms with Crippen LogP contribution in [0.2, 0.25) is 0 Å². The second-order valence-electron chi connectivity index (χ2n) is 8.99. The van der Waals surface area contributed by atoms with E-state index < -0.39 is 0 Å². The van der Waals surface area contributed by atoms with E-state index in [0.29, 0.717) is 18.1 Å². The van der Waals surface area contributed by atoms with Gasteiger partial charge in [0.1, 0.15) is 0 Å². The van der Waals surface area contributed by atoms with Gasteiger partial charge in [-0.15, -0.1) is 0 Å². The van der Waals surface area contributed by atoms with Crippen molar-refractivity contribution in [1.82, 2.24) is 10.2 Å². The fourth-order valence-electron chi connectivity index (χ4n) is 5.25. The number of carbonyl (C=O) groups is 2. The zero-order valence-electron chi connectivity index (χ0n) is 16.7. The Morgan fingerprint density at radius 1 is 1.10 bits per heavy atom. The topological polar surface area (TPSA) is 62.6 Å². The van der Waals surface area contributed by atoms with Gasteiger partial charge in [-0.3, -0.25) is 9.59 Å². The minimum Gasteiger partial charge on any atom is -0.459 e. The van der Waals surface area contributed by atoms with Crippen LogP contribution >= 0.6 is 0 Å². The highest BCUT2D eigenvalue weighted by Crippen LogP contribution is 2.52. The molecular formula is C24H28N2O3. The minimum atomic E-state index is -0.0212. The van der Waals surface area contributed by atoms with Crippen molar-refractivity contribution < 1.29 is 14.0 Å². The summed E-state index contributed by atoms with van der Waals surface area (Å²) in [5.74, 6) is 1.55. The molecule has 1 saturated carbocycles. The third-order valence-corrected chi connectivity index (χ3v) is 7.07. The van der Waals surface area contributed by atoms with Gasteiger partial charge in [0.15, 0.2) is 5.76 Å². The maximum atomic E-state index is 12.6. The lowest BCUT2D eigenvalue weighted by Gasteiger charge is -2.40. The number of fused-ring (bicyclic) bond motifs is 2. The maximum Gasteiger partial charge on any atom is 0.289 e. The first-order valence-electron chi connectivity index (χ1n) is 10.8. The van der Waals surface area contributed by atoms with Crippen LogP contribution in [0.15, 0.2) is 47.1 Å². The molecule has 1 spiro atoms. The molecular weight excluding hydrogens is 364 g/mol. The van der Waals surface area contributed by atoms with Gasteiger partial charge < -0.3 is 14.6 Å². The Bertz CT molecular complexity index is 893. The number of nitrogens with one attached hydrogen (secondary N) is 1. The summed E-state index contributed by atoms with van der Waals surface area (Å²) in [5.41, 5.74) is 2.81. The van der Waals surface area contributed by atoms with Crippen molar-refractivity contribution in [2.75, 3.05) is 19.6 Å². The Balaban J connectivity index is 1.28. The molecule has 29 heavy (non-hydrogen) atoms. The van der Waals surface area contributed by atoms with Crippen LogP contribution in [-0.2, 0) is 10.2 Å². The highest BCUT2D eigenvalue weighted by molar-refractivity contribution is 5.91. The van der Waals surface area contributed by atoms with Gasteiger partial charge in [-0.25, -0.2) is 0 Å². The van der Waals surface area contributed by atoms with Gasteiger partial charge >= 0.3 is 0 Å². The average Bonchev–Trinajstić information content (AvgIpc) is 3.33. The molecule has 1 aromatic carbocycles. The van der Waals surface area contributed by atoms with Crippen LogP contribution in [0.4, 0.5) is 0 Å². The number of hydrogen-bond donors (Lipinski definition) is 1. The van der Waals surface area contributed by atoms with Gasteiger partial charge in [0, 0.05) is 26.1 Å². The van der Waals surface area contributed by atoms with E-state index in [0.717, 1.165) is 38.9 Å². The highest BCUT2D eigenvalue weighted by Gasteiger charge is 2.46. The normalized spacial score (nSPS) is 22.5. The average molecular weight is 392 g/mol. The minimum absolute atomic E-state index is 0.0212. The van der Waals surface area contributed by atoms with Crippen molar-refractivity contribution >= 4 is 11.8 Å². The summed E-state index contributed by atoms with van der Waals surface area (Å²) in [6.07, 6.45) is 7.51. The molecule has 5 heteroatoms. The van der Waals surface area contributed by atoms with E-state index in [2.05, 4.69) is 29.6 Å². The number of nitrogens with zero attached hydrogens (tertiary/aromatic N) is 1. The quantitative estimate of drug-likeness (QED) is 0.841. The van der Waals surface area contributed by atoms with E-state index in [9.17, 15) is 9.59 Å². The van der Waals surface area contributed by atoms with Gasteiger partial charge in [-0.05, 0) is 72.6 Å². The molecule has 3 aliphatic rings. The van der Waals surface area contributed by atoms with Crippen molar-refractivity contribution in [1.29, 1.82) is 0 Å². The van der Waals surface area contributed by atoms with Crippen molar-refractivity contribution in [3.05, 3.63) is 59.5 Å². The third kappa shape index (κ3) is 3.59. The lowest BCUT2D eigenvalue weighted by molar-refractivity contribution is -0.121. The number of benzene rings is 1. The van der Waals surface area contributed by atoms with Crippen LogP contribution in [-0.4, -0.2) is 36.3 Å². The fourth-order valence-corrected chi connectivity index (χ4v) is 5.25. The predicted octanol–water partition coefficient (Wildman–Crippen LogP) is 3.86. The van der Waals surface area contributed by atoms with E-state index >= 15 is 0 Å². The largest absolute Gasteiger partial charge is 0.459 e. The number of furan rings is 1. The van der Waals surface area contributed by atoms with Gasteiger partial charge in [0.05, 0.1) is 6.26 Å². The van der Waals surface area contributed by atoms with Gasteiger partial charge in [-0.2, -0.15) is 0 Å². The molecule has 2 aromatic rings. The predicted molar refractivity (Wildman–Crippen MR) is 110 cm³/mol. The van der Waals surface area contributed by atoms with E-state index in [-0.39, 0.29) is 23.1 Å². The van der Waals surface area contributed by atoms with Crippen LogP contribution in [0.5, 0.6) is 0 Å². The summed E-state index contributed by atoms with van der Waals surface area (Å²) in [7, 11) is 0. The van der Waals surface area contributed by atoms with Crippen LogP contribution in [0, 0.1) is 5.92 Å². The van der Waals surface area contributed by atoms with Crippen molar-refractivity contribution in [3.63, 3.8) is 0 Å². The molecule has 2 fully saturated rings. The van der Waals surface area contributed by atoms with Crippen molar-refractivity contribution in [2.45, 2.75) is 49.9 Å². The Morgan fingerprint density at radius 3 is 2.62 bits per heavy atom. The summed E-state index contributed by atoms with van der Waals surface area (Å²) >= 11 is 0. The second-order valence-corrected chi connectivity index (χ2v) is 8.99.